The SMILES string of the molecule is COC(=O)CCN(Cc1ccccc1)C(=O)c1ccc(S(=O)(=O)N2CCCCC2C)cc1. The van der Waals surface area contributed by atoms with Crippen molar-refractivity contribution in [2.24, 2.45) is 0 Å². The van der Waals surface area contributed by atoms with Crippen LogP contribution in [-0.4, -0.2) is 55.7 Å². The van der Waals surface area contributed by atoms with Gasteiger partial charge in [0.2, 0.25) is 10.0 Å². The van der Waals surface area contributed by atoms with Gasteiger partial charge in [0.15, 0.2) is 0 Å². The molecule has 172 valence electrons. The van der Waals surface area contributed by atoms with Crippen LogP contribution in [0.15, 0.2) is 59.5 Å². The maximum atomic E-state index is 13.2. The molecular weight excluding hydrogens is 428 g/mol. The van der Waals surface area contributed by atoms with E-state index in [1.54, 1.807) is 21.3 Å². The number of hydrogen-bond donors (Lipinski definition) is 0. The minimum absolute atomic E-state index is 0.0326. The van der Waals surface area contributed by atoms with Gasteiger partial charge in [-0.1, -0.05) is 36.8 Å². The van der Waals surface area contributed by atoms with Crippen molar-refractivity contribution in [3.05, 3.63) is 65.7 Å². The first-order valence-electron chi connectivity index (χ1n) is 10.8. The number of carbonyl (C=O) groups excluding carboxylic acids is 2. The normalized spacial score (nSPS) is 17.0. The molecule has 1 atom stereocenters. The van der Waals surface area contributed by atoms with Gasteiger partial charge in [0.1, 0.15) is 0 Å². The monoisotopic (exact) mass is 458 g/mol. The lowest BCUT2D eigenvalue weighted by molar-refractivity contribution is -0.140. The minimum atomic E-state index is -3.60. The number of ether oxygens (including phenoxy) is 1. The number of methoxy groups -OCH3 is 1. The van der Waals surface area contributed by atoms with E-state index in [2.05, 4.69) is 0 Å². The van der Waals surface area contributed by atoms with E-state index in [1.807, 2.05) is 37.3 Å². The molecule has 1 heterocycles. The largest absolute Gasteiger partial charge is 0.469 e. The van der Waals surface area contributed by atoms with E-state index in [0.717, 1.165) is 24.8 Å². The van der Waals surface area contributed by atoms with Crippen LogP contribution in [0.25, 0.3) is 0 Å². The Morgan fingerprint density at radius 1 is 1.06 bits per heavy atom. The van der Waals surface area contributed by atoms with Crippen LogP contribution in [0.2, 0.25) is 0 Å². The highest BCUT2D eigenvalue weighted by Gasteiger charge is 2.31. The number of hydrogen-bond acceptors (Lipinski definition) is 5. The first-order valence-corrected chi connectivity index (χ1v) is 12.3. The molecule has 0 radical (unpaired) electrons. The lowest BCUT2D eigenvalue weighted by Crippen LogP contribution is -2.41. The Bertz CT molecular complexity index is 1020. The predicted molar refractivity (Wildman–Crippen MR) is 121 cm³/mol. The van der Waals surface area contributed by atoms with Crippen LogP contribution in [0.3, 0.4) is 0 Å². The molecule has 0 N–H and O–H groups in total. The first kappa shape index (κ1) is 23.9. The molecule has 1 aliphatic heterocycles. The summed E-state index contributed by atoms with van der Waals surface area (Å²) in [5.74, 6) is -0.666. The Balaban J connectivity index is 1.79. The van der Waals surface area contributed by atoms with Gasteiger partial charge in [0, 0.05) is 31.2 Å². The second-order valence-corrected chi connectivity index (χ2v) is 9.91. The summed E-state index contributed by atoms with van der Waals surface area (Å²) < 4.78 is 32.3. The lowest BCUT2D eigenvalue weighted by Gasteiger charge is -2.32. The number of rotatable bonds is 8. The van der Waals surface area contributed by atoms with E-state index in [4.69, 9.17) is 4.74 Å². The van der Waals surface area contributed by atoms with Gasteiger partial charge in [-0.15, -0.1) is 0 Å². The number of piperidine rings is 1. The average molecular weight is 459 g/mol. The molecule has 1 aliphatic rings. The minimum Gasteiger partial charge on any atom is -0.469 e. The number of sulfonamides is 1. The second kappa shape index (κ2) is 10.7. The summed E-state index contributed by atoms with van der Waals surface area (Å²) in [7, 11) is -2.29. The quantitative estimate of drug-likeness (QED) is 0.566. The van der Waals surface area contributed by atoms with Crippen LogP contribution < -0.4 is 0 Å². The van der Waals surface area contributed by atoms with Crippen molar-refractivity contribution in [1.29, 1.82) is 0 Å². The van der Waals surface area contributed by atoms with Crippen LogP contribution in [0, 0.1) is 0 Å². The smallest absolute Gasteiger partial charge is 0.307 e. The lowest BCUT2D eigenvalue weighted by atomic mass is 10.1. The molecule has 1 amide bonds. The second-order valence-electron chi connectivity index (χ2n) is 8.02. The summed E-state index contributed by atoms with van der Waals surface area (Å²) in [6.07, 6.45) is 2.82. The van der Waals surface area contributed by atoms with Crippen LogP contribution in [0.1, 0.15) is 48.5 Å². The summed E-state index contributed by atoms with van der Waals surface area (Å²) in [6, 6.07) is 15.5. The predicted octanol–water partition coefficient (Wildman–Crippen LogP) is 3.46. The van der Waals surface area contributed by atoms with Crippen LogP contribution >= 0.6 is 0 Å². The third-order valence-corrected chi connectivity index (χ3v) is 7.79. The first-order chi connectivity index (χ1) is 15.3. The van der Waals surface area contributed by atoms with Crippen molar-refractivity contribution in [2.75, 3.05) is 20.2 Å². The van der Waals surface area contributed by atoms with Crippen molar-refractivity contribution in [1.82, 2.24) is 9.21 Å². The summed E-state index contributed by atoms with van der Waals surface area (Å²) >= 11 is 0. The molecule has 0 saturated carbocycles. The zero-order valence-corrected chi connectivity index (χ0v) is 19.4. The fraction of sp³-hybridized carbons (Fsp3) is 0.417. The van der Waals surface area contributed by atoms with E-state index in [0.29, 0.717) is 18.7 Å². The Morgan fingerprint density at radius 2 is 1.75 bits per heavy atom. The van der Waals surface area contributed by atoms with Gasteiger partial charge in [0.05, 0.1) is 18.4 Å². The van der Waals surface area contributed by atoms with Gasteiger partial charge < -0.3 is 9.64 Å². The van der Waals surface area contributed by atoms with Gasteiger partial charge in [-0.05, 0) is 49.6 Å². The Morgan fingerprint density at radius 3 is 2.38 bits per heavy atom. The highest BCUT2D eigenvalue weighted by molar-refractivity contribution is 7.89. The highest BCUT2D eigenvalue weighted by Crippen LogP contribution is 2.25. The molecule has 8 heteroatoms. The fourth-order valence-corrected chi connectivity index (χ4v) is 5.60. The average Bonchev–Trinajstić information content (AvgIpc) is 2.82. The van der Waals surface area contributed by atoms with Gasteiger partial charge in [0.25, 0.3) is 5.91 Å². The van der Waals surface area contributed by atoms with E-state index >= 15 is 0 Å². The van der Waals surface area contributed by atoms with Gasteiger partial charge in [-0.2, -0.15) is 4.31 Å². The third-order valence-electron chi connectivity index (χ3n) is 5.77. The van der Waals surface area contributed by atoms with Gasteiger partial charge in [-0.3, -0.25) is 9.59 Å². The zero-order valence-electron chi connectivity index (χ0n) is 18.6. The molecule has 1 saturated heterocycles. The Kier molecular flexibility index (Phi) is 8.04. The van der Waals surface area contributed by atoms with Crippen LogP contribution in [-0.2, 0) is 26.1 Å². The van der Waals surface area contributed by atoms with Crippen molar-refractivity contribution < 1.29 is 22.7 Å². The molecule has 0 spiro atoms. The molecule has 3 rings (SSSR count). The Hall–Kier alpha value is -2.71. The van der Waals surface area contributed by atoms with Crippen LogP contribution in [0.5, 0.6) is 0 Å². The van der Waals surface area contributed by atoms with Crippen molar-refractivity contribution in [3.8, 4) is 0 Å². The van der Waals surface area contributed by atoms with Crippen LogP contribution in [0.4, 0.5) is 0 Å². The Labute approximate surface area is 190 Å². The van der Waals surface area contributed by atoms with Crippen molar-refractivity contribution >= 4 is 21.9 Å². The number of benzene rings is 2. The maximum Gasteiger partial charge on any atom is 0.307 e. The highest BCUT2D eigenvalue weighted by atomic mass is 32.2. The molecule has 0 bridgehead atoms. The maximum absolute atomic E-state index is 13.2. The summed E-state index contributed by atoms with van der Waals surface area (Å²) in [4.78, 5) is 26.6. The van der Waals surface area contributed by atoms with Crippen molar-refractivity contribution in [2.45, 2.75) is 50.1 Å². The van der Waals surface area contributed by atoms with E-state index < -0.39 is 16.0 Å². The topological polar surface area (TPSA) is 84.0 Å². The zero-order chi connectivity index (χ0) is 23.1. The molecular formula is C24H30N2O5S. The number of amides is 1. The van der Waals surface area contributed by atoms with Gasteiger partial charge >= 0.3 is 5.97 Å². The molecule has 2 aromatic rings. The van der Waals surface area contributed by atoms with Gasteiger partial charge in [-0.25, -0.2) is 8.42 Å². The molecule has 0 aromatic heterocycles. The third kappa shape index (κ3) is 5.75. The number of carbonyl (C=O) groups is 2. The van der Waals surface area contributed by atoms with E-state index in [-0.39, 0.29) is 29.8 Å². The van der Waals surface area contributed by atoms with E-state index in [1.165, 1.54) is 19.2 Å². The number of nitrogens with zero attached hydrogens (tertiary/aromatic N) is 2. The standard InChI is InChI=1S/C24H30N2O5S/c1-19-8-6-7-16-26(19)32(29,30)22-13-11-21(12-14-22)24(28)25(17-15-23(27)31-2)18-20-9-4-3-5-10-20/h3-5,9-14,19H,6-8,15-18H2,1-2H3. The van der Waals surface area contributed by atoms with Crippen molar-refractivity contribution in [3.63, 3.8) is 0 Å². The van der Waals surface area contributed by atoms with E-state index in [9.17, 15) is 18.0 Å². The molecule has 0 aliphatic carbocycles. The molecule has 7 nitrogen and oxygen atoms in total. The molecule has 32 heavy (non-hydrogen) atoms. The molecule has 2 aromatic carbocycles. The summed E-state index contributed by atoms with van der Waals surface area (Å²) in [6.45, 7) is 2.98. The molecule has 1 unspecified atom stereocenters. The molecule has 1 fully saturated rings. The number of esters is 1. The summed E-state index contributed by atoms with van der Waals surface area (Å²) in [5.41, 5.74) is 1.31. The summed E-state index contributed by atoms with van der Waals surface area (Å²) in [5, 5.41) is 0. The fourth-order valence-electron chi connectivity index (χ4n) is 3.90.